The molecule has 0 bridgehead atoms. The summed E-state index contributed by atoms with van der Waals surface area (Å²) in [6, 6.07) is 2.83. The Morgan fingerprint density at radius 3 is 2.25 bits per heavy atom. The van der Waals surface area contributed by atoms with Crippen LogP contribution in [-0.2, 0) is 9.84 Å². The summed E-state index contributed by atoms with van der Waals surface area (Å²) < 4.78 is 63.5. The minimum absolute atomic E-state index is 0.139. The molecule has 1 aromatic rings. The van der Waals surface area contributed by atoms with Crippen molar-refractivity contribution in [1.82, 2.24) is 0 Å². The summed E-state index contributed by atoms with van der Waals surface area (Å²) in [5.41, 5.74) is -5.30. The third kappa shape index (κ3) is 2.32. The topological polar surface area (TPSA) is 43.4 Å². The molecule has 16 heavy (non-hydrogen) atoms. The monoisotopic (exact) mass is 318 g/mol. The van der Waals surface area contributed by atoms with Crippen LogP contribution in [0.4, 0.5) is 13.2 Å². The Kier molecular flexibility index (Phi) is 3.53. The predicted molar refractivity (Wildman–Crippen MR) is 53.9 cm³/mol. The Hall–Kier alpha value is -0.760. The van der Waals surface area contributed by atoms with E-state index >= 15 is 0 Å². The Morgan fingerprint density at radius 2 is 1.88 bits per heavy atom. The highest BCUT2D eigenvalue weighted by Crippen LogP contribution is 2.34. The number of halogens is 4. The number of ether oxygens (including phenoxy) is 1. The lowest BCUT2D eigenvalue weighted by molar-refractivity contribution is -0.0436. The van der Waals surface area contributed by atoms with Crippen LogP contribution in [0.1, 0.15) is 0 Å². The van der Waals surface area contributed by atoms with Gasteiger partial charge in [-0.2, -0.15) is 13.2 Å². The van der Waals surface area contributed by atoms with Crippen LogP contribution >= 0.6 is 15.9 Å². The third-order valence-electron chi connectivity index (χ3n) is 1.74. The van der Waals surface area contributed by atoms with Gasteiger partial charge < -0.3 is 4.74 Å². The van der Waals surface area contributed by atoms with Crippen LogP contribution in [0.25, 0.3) is 0 Å². The third-order valence-corrected chi connectivity index (χ3v) is 3.84. The smallest absolute Gasteiger partial charge is 0.496 e. The molecular weight excluding hydrogens is 313 g/mol. The van der Waals surface area contributed by atoms with Crippen molar-refractivity contribution in [1.29, 1.82) is 0 Å². The van der Waals surface area contributed by atoms with E-state index < -0.39 is 20.2 Å². The van der Waals surface area contributed by atoms with Crippen molar-refractivity contribution in [3.8, 4) is 5.75 Å². The van der Waals surface area contributed by atoms with Gasteiger partial charge in [-0.1, -0.05) is 0 Å². The summed E-state index contributed by atoms with van der Waals surface area (Å²) in [5, 5.41) is 0. The second kappa shape index (κ2) is 4.25. The summed E-state index contributed by atoms with van der Waals surface area (Å²) in [7, 11) is -3.99. The second-order valence-corrected chi connectivity index (χ2v) is 5.54. The molecule has 8 heteroatoms. The molecule has 0 amide bonds. The molecule has 0 saturated heterocycles. The molecule has 0 aliphatic rings. The number of rotatable bonds is 2. The molecule has 0 aliphatic carbocycles. The predicted octanol–water partition coefficient (Wildman–Crippen LogP) is 2.75. The van der Waals surface area contributed by atoms with Gasteiger partial charge >= 0.3 is 5.51 Å². The minimum Gasteiger partial charge on any atom is -0.496 e. The molecule has 0 heterocycles. The first-order valence-corrected chi connectivity index (χ1v) is 6.12. The molecule has 0 aliphatic heterocycles. The maximum atomic E-state index is 12.2. The summed E-state index contributed by atoms with van der Waals surface area (Å²) in [4.78, 5) is -0.826. The standard InChI is InChI=1S/C8H6BrF3O3S/c1-15-7-3-2-5(4-6(7)9)16(13,14)8(10,11)12/h2-4H,1H3. The van der Waals surface area contributed by atoms with Gasteiger partial charge in [0.25, 0.3) is 9.84 Å². The number of alkyl halides is 3. The van der Waals surface area contributed by atoms with Crippen molar-refractivity contribution in [2.24, 2.45) is 0 Å². The molecule has 0 spiro atoms. The van der Waals surface area contributed by atoms with Crippen LogP contribution in [0.15, 0.2) is 27.6 Å². The van der Waals surface area contributed by atoms with Gasteiger partial charge in [0.2, 0.25) is 0 Å². The molecule has 0 radical (unpaired) electrons. The number of hydrogen-bond donors (Lipinski definition) is 0. The van der Waals surface area contributed by atoms with Crippen molar-refractivity contribution >= 4 is 25.8 Å². The molecular formula is C8H6BrF3O3S. The summed E-state index contributed by atoms with van der Waals surface area (Å²) in [6.45, 7) is 0. The molecule has 0 N–H and O–H groups in total. The van der Waals surface area contributed by atoms with E-state index in [4.69, 9.17) is 4.74 Å². The molecule has 0 saturated carbocycles. The van der Waals surface area contributed by atoms with Crippen molar-refractivity contribution in [2.45, 2.75) is 10.4 Å². The van der Waals surface area contributed by atoms with Crippen LogP contribution < -0.4 is 4.74 Å². The van der Waals surface area contributed by atoms with Gasteiger partial charge in [-0.05, 0) is 34.1 Å². The largest absolute Gasteiger partial charge is 0.501 e. The number of hydrogen-bond acceptors (Lipinski definition) is 3. The lowest BCUT2D eigenvalue weighted by Gasteiger charge is -2.09. The van der Waals surface area contributed by atoms with E-state index in [2.05, 4.69) is 15.9 Å². The first kappa shape index (κ1) is 13.3. The SMILES string of the molecule is COc1ccc(S(=O)(=O)C(F)(F)F)cc1Br. The van der Waals surface area contributed by atoms with E-state index in [-0.39, 0.29) is 10.2 Å². The fourth-order valence-corrected chi connectivity index (χ4v) is 2.43. The number of methoxy groups -OCH3 is 1. The van der Waals surface area contributed by atoms with Gasteiger partial charge in [0, 0.05) is 0 Å². The molecule has 0 fully saturated rings. The normalized spacial score (nSPS) is 12.6. The van der Waals surface area contributed by atoms with Gasteiger partial charge in [-0.15, -0.1) is 0 Å². The summed E-state index contributed by atoms with van der Waals surface area (Å²) in [6.07, 6.45) is 0. The Morgan fingerprint density at radius 1 is 1.31 bits per heavy atom. The molecule has 90 valence electrons. The van der Waals surface area contributed by atoms with Crippen LogP contribution in [0.5, 0.6) is 5.75 Å². The van der Waals surface area contributed by atoms with E-state index in [1.165, 1.54) is 7.11 Å². The van der Waals surface area contributed by atoms with Crippen molar-refractivity contribution in [3.05, 3.63) is 22.7 Å². The zero-order valence-corrected chi connectivity index (χ0v) is 10.3. The summed E-state index contributed by atoms with van der Waals surface area (Å²) >= 11 is 2.91. The zero-order chi connectivity index (χ0) is 12.6. The van der Waals surface area contributed by atoms with Crippen LogP contribution in [0.3, 0.4) is 0 Å². The Labute approximate surface area is 98.3 Å². The summed E-state index contributed by atoms with van der Waals surface area (Å²) in [5.74, 6) is 0.251. The van der Waals surface area contributed by atoms with Gasteiger partial charge in [-0.3, -0.25) is 0 Å². The maximum absolute atomic E-state index is 12.2. The minimum atomic E-state index is -5.31. The van der Waals surface area contributed by atoms with Gasteiger partial charge in [0.15, 0.2) is 0 Å². The average molecular weight is 319 g/mol. The molecule has 0 aromatic heterocycles. The van der Waals surface area contributed by atoms with E-state index in [1.807, 2.05) is 0 Å². The van der Waals surface area contributed by atoms with Crippen LogP contribution in [0.2, 0.25) is 0 Å². The number of sulfone groups is 1. The van der Waals surface area contributed by atoms with Crippen LogP contribution in [-0.4, -0.2) is 21.0 Å². The second-order valence-electron chi connectivity index (χ2n) is 2.75. The average Bonchev–Trinajstić information content (AvgIpc) is 2.15. The maximum Gasteiger partial charge on any atom is 0.501 e. The zero-order valence-electron chi connectivity index (χ0n) is 7.88. The lowest BCUT2D eigenvalue weighted by atomic mass is 10.3. The fourth-order valence-electron chi connectivity index (χ4n) is 0.948. The first-order valence-electron chi connectivity index (χ1n) is 3.85. The van der Waals surface area contributed by atoms with Crippen molar-refractivity contribution in [2.75, 3.05) is 7.11 Å². The van der Waals surface area contributed by atoms with E-state index in [9.17, 15) is 21.6 Å². The van der Waals surface area contributed by atoms with Crippen molar-refractivity contribution < 1.29 is 26.3 Å². The van der Waals surface area contributed by atoms with Crippen molar-refractivity contribution in [3.63, 3.8) is 0 Å². The highest BCUT2D eigenvalue weighted by atomic mass is 79.9. The number of benzene rings is 1. The lowest BCUT2D eigenvalue weighted by Crippen LogP contribution is -2.23. The van der Waals surface area contributed by atoms with Gasteiger partial charge in [0.1, 0.15) is 5.75 Å². The van der Waals surface area contributed by atoms with E-state index in [0.29, 0.717) is 0 Å². The molecule has 1 aromatic carbocycles. The van der Waals surface area contributed by atoms with Gasteiger partial charge in [0.05, 0.1) is 16.5 Å². The first-order chi connectivity index (χ1) is 7.20. The quantitative estimate of drug-likeness (QED) is 0.842. The molecule has 1 rings (SSSR count). The molecule has 0 atom stereocenters. The highest BCUT2D eigenvalue weighted by Gasteiger charge is 2.46. The van der Waals surface area contributed by atoms with Gasteiger partial charge in [-0.25, -0.2) is 8.42 Å². The fraction of sp³-hybridized carbons (Fsp3) is 0.250. The van der Waals surface area contributed by atoms with E-state index in [1.54, 1.807) is 0 Å². The highest BCUT2D eigenvalue weighted by molar-refractivity contribution is 9.10. The molecule has 3 nitrogen and oxygen atoms in total. The Balaban J connectivity index is 3.32. The van der Waals surface area contributed by atoms with E-state index in [0.717, 1.165) is 18.2 Å². The molecule has 0 unspecified atom stereocenters. The van der Waals surface area contributed by atoms with Crippen LogP contribution in [0, 0.1) is 0 Å². The Bertz CT molecular complexity index is 496.